The Morgan fingerprint density at radius 3 is 2.02 bits per heavy atom. The van der Waals surface area contributed by atoms with E-state index in [0.717, 1.165) is 11.3 Å². The summed E-state index contributed by atoms with van der Waals surface area (Å²) in [6.45, 7) is 4.06. The second-order valence-corrected chi connectivity index (χ2v) is 14.1. The van der Waals surface area contributed by atoms with Crippen molar-refractivity contribution in [3.05, 3.63) is 60.2 Å². The van der Waals surface area contributed by atoms with E-state index in [-0.39, 0.29) is 49.9 Å². The van der Waals surface area contributed by atoms with Crippen molar-refractivity contribution in [3.63, 3.8) is 0 Å². The van der Waals surface area contributed by atoms with Gasteiger partial charge in [0, 0.05) is 19.6 Å². The predicted octanol–water partition coefficient (Wildman–Crippen LogP) is 1.64. The fourth-order valence-corrected chi connectivity index (χ4v) is 6.48. The molecule has 2 aliphatic rings. The molecule has 4 unspecified atom stereocenters. The highest BCUT2D eigenvalue weighted by Gasteiger charge is 2.38. The number of nitrogens with zero attached hydrogens (tertiary/aromatic N) is 5. The highest BCUT2D eigenvalue weighted by molar-refractivity contribution is 5.95. The molecule has 2 aromatic rings. The number of carbonyl (C=O) groups is 6. The van der Waals surface area contributed by atoms with Crippen LogP contribution >= 0.6 is 0 Å². The number of benzene rings is 2. The first-order valence-corrected chi connectivity index (χ1v) is 18.8. The fraction of sp³-hybridized carbons (Fsp3) is 0.500. The number of nitrogens with one attached hydrogen (secondary N) is 3. The zero-order valence-corrected chi connectivity index (χ0v) is 32.3. The number of likely N-dealkylation sites (tertiary alicyclic amines) is 2. The molecule has 0 aliphatic carbocycles. The molecule has 19 heteroatoms. The third-order valence-corrected chi connectivity index (χ3v) is 9.32. The molecule has 4 atom stereocenters. The molecule has 4 rings (SSSR count). The van der Waals surface area contributed by atoms with E-state index >= 15 is 0 Å². The third-order valence-electron chi connectivity index (χ3n) is 9.32. The van der Waals surface area contributed by atoms with Gasteiger partial charge in [-0.05, 0) is 80.7 Å². The van der Waals surface area contributed by atoms with Crippen molar-refractivity contribution in [1.29, 1.82) is 0 Å². The van der Waals surface area contributed by atoms with E-state index in [4.69, 9.17) is 16.2 Å². The molecular weight excluding hydrogens is 740 g/mol. The number of carboxylic acid groups (broad SMARTS) is 1. The Labute approximate surface area is 331 Å². The highest BCUT2D eigenvalue weighted by atomic mass is 16.6. The number of carbonyl (C=O) groups excluding carboxylic acids is 5. The van der Waals surface area contributed by atoms with Crippen molar-refractivity contribution >= 4 is 53.0 Å². The summed E-state index contributed by atoms with van der Waals surface area (Å²) >= 11 is 0. The molecule has 0 aromatic heterocycles. The number of guanidine groups is 1. The van der Waals surface area contributed by atoms with Gasteiger partial charge in [0.25, 0.3) is 0 Å². The Balaban J connectivity index is 0.00000870. The fourth-order valence-electron chi connectivity index (χ4n) is 6.48. The lowest BCUT2D eigenvalue weighted by Gasteiger charge is -2.27. The summed E-state index contributed by atoms with van der Waals surface area (Å²) in [5, 5.41) is 25.9. The second-order valence-electron chi connectivity index (χ2n) is 14.1. The van der Waals surface area contributed by atoms with E-state index in [9.17, 15) is 33.9 Å². The normalized spacial score (nSPS) is 17.3. The van der Waals surface area contributed by atoms with E-state index in [0.29, 0.717) is 44.3 Å². The SMILES string of the molecule is CC(C)CC(NC(=O)C1CCCN1C(=O)OCc1ccc(N=Nc2ccccc2)cc1)C(=O)NCC(=O)N1CCCC1C(=O)NC(CCCN=C(N)N)C(=O)O.O. The van der Waals surface area contributed by atoms with Crippen molar-refractivity contribution in [2.24, 2.45) is 32.6 Å². The molecule has 5 amide bonds. The first-order valence-electron chi connectivity index (χ1n) is 18.8. The minimum atomic E-state index is -1.23. The summed E-state index contributed by atoms with van der Waals surface area (Å²) in [5.41, 5.74) is 12.7. The molecule has 2 fully saturated rings. The quantitative estimate of drug-likeness (QED) is 0.0549. The molecule has 310 valence electrons. The first-order chi connectivity index (χ1) is 26.8. The van der Waals surface area contributed by atoms with Crippen molar-refractivity contribution in [3.8, 4) is 0 Å². The number of hydrogen-bond acceptors (Lipinski definition) is 10. The van der Waals surface area contributed by atoms with Gasteiger partial charge in [-0.1, -0.05) is 44.2 Å². The van der Waals surface area contributed by atoms with E-state index in [2.05, 4.69) is 31.2 Å². The summed E-state index contributed by atoms with van der Waals surface area (Å²) in [5.74, 6) is -3.60. The van der Waals surface area contributed by atoms with Crippen LogP contribution in [0, 0.1) is 5.92 Å². The highest BCUT2D eigenvalue weighted by Crippen LogP contribution is 2.22. The van der Waals surface area contributed by atoms with Crippen LogP contribution in [-0.4, -0.2) is 112 Å². The van der Waals surface area contributed by atoms with Gasteiger partial charge in [0.05, 0.1) is 17.9 Å². The lowest BCUT2D eigenvalue weighted by Crippen LogP contribution is -2.55. The lowest BCUT2D eigenvalue weighted by atomic mass is 10.0. The van der Waals surface area contributed by atoms with Crippen molar-refractivity contribution in [2.75, 3.05) is 26.2 Å². The number of aliphatic imine (C=N–C) groups is 1. The van der Waals surface area contributed by atoms with Crippen LogP contribution in [0.15, 0.2) is 69.8 Å². The van der Waals surface area contributed by atoms with Crippen molar-refractivity contribution in [2.45, 2.75) is 89.6 Å². The third kappa shape index (κ3) is 14.2. The molecule has 57 heavy (non-hydrogen) atoms. The van der Waals surface area contributed by atoms with Crippen LogP contribution in [0.2, 0.25) is 0 Å². The van der Waals surface area contributed by atoms with Crippen LogP contribution in [0.5, 0.6) is 0 Å². The first kappa shape index (κ1) is 45.3. The van der Waals surface area contributed by atoms with Gasteiger partial charge in [-0.2, -0.15) is 10.2 Å². The van der Waals surface area contributed by atoms with Gasteiger partial charge in [0.1, 0.15) is 30.8 Å². The molecule has 2 aliphatic heterocycles. The molecule has 0 radical (unpaired) electrons. The van der Waals surface area contributed by atoms with Crippen LogP contribution in [0.25, 0.3) is 0 Å². The summed E-state index contributed by atoms with van der Waals surface area (Å²) in [4.78, 5) is 84.6. The number of amides is 5. The summed E-state index contributed by atoms with van der Waals surface area (Å²) < 4.78 is 5.54. The number of aliphatic carboxylic acids is 1. The lowest BCUT2D eigenvalue weighted by molar-refractivity contribution is -0.144. The molecule has 2 saturated heterocycles. The number of nitrogens with two attached hydrogens (primary N) is 2. The average Bonchev–Trinajstić information content (AvgIpc) is 3.88. The molecule has 19 nitrogen and oxygen atoms in total. The molecule has 2 heterocycles. The summed E-state index contributed by atoms with van der Waals surface area (Å²) in [7, 11) is 0. The minimum absolute atomic E-state index is 0. The maximum Gasteiger partial charge on any atom is 0.410 e. The zero-order valence-electron chi connectivity index (χ0n) is 32.3. The standard InChI is InChI=1S/C38H52N10O8.H2O/c1-24(2)21-29(33(50)42-22-32(49)47-19-7-12-30(47)34(51)43-28(36(53)54)11-6-18-41-37(39)40)44-35(52)31-13-8-20-48(31)38(55)56-23-25-14-16-27(17-15-25)46-45-26-9-4-3-5-10-26;/h3-5,9-10,14-17,24,28-31H,6-8,11-13,18-23H2,1-2H3,(H,42,50)(H,43,51)(H,44,52)(H,53,54)(H4,39,40,41);1H2. The van der Waals surface area contributed by atoms with Crippen LogP contribution in [-0.2, 0) is 35.3 Å². The predicted molar refractivity (Wildman–Crippen MR) is 209 cm³/mol. The van der Waals surface area contributed by atoms with Gasteiger partial charge < -0.3 is 47.6 Å². The van der Waals surface area contributed by atoms with Crippen LogP contribution in [0.3, 0.4) is 0 Å². The monoisotopic (exact) mass is 794 g/mol. The smallest absolute Gasteiger partial charge is 0.410 e. The summed E-state index contributed by atoms with van der Waals surface area (Å²) in [6, 6.07) is 12.4. The molecule has 2 aromatic carbocycles. The number of azo groups is 1. The van der Waals surface area contributed by atoms with Crippen LogP contribution in [0.4, 0.5) is 16.2 Å². The Morgan fingerprint density at radius 1 is 0.842 bits per heavy atom. The number of hydrogen-bond donors (Lipinski definition) is 6. The molecular formula is C38H54N10O9. The van der Waals surface area contributed by atoms with E-state index < -0.39 is 66.4 Å². The second kappa shape index (κ2) is 22.4. The number of rotatable bonds is 18. The van der Waals surface area contributed by atoms with Crippen molar-refractivity contribution in [1.82, 2.24) is 25.8 Å². The van der Waals surface area contributed by atoms with Gasteiger partial charge in [-0.3, -0.25) is 29.1 Å². The topological polar surface area (TPSA) is 295 Å². The van der Waals surface area contributed by atoms with Crippen LogP contribution in [0.1, 0.15) is 64.4 Å². The molecule has 10 N–H and O–H groups in total. The Kier molecular flexibility index (Phi) is 17.8. The zero-order chi connectivity index (χ0) is 40.6. The van der Waals surface area contributed by atoms with E-state index in [1.165, 1.54) is 9.80 Å². The largest absolute Gasteiger partial charge is 0.480 e. The number of carboxylic acids is 1. The van der Waals surface area contributed by atoms with E-state index in [1.807, 2.05) is 44.2 Å². The Hall–Kier alpha value is -6.11. The minimum Gasteiger partial charge on any atom is -0.480 e. The van der Waals surface area contributed by atoms with Crippen molar-refractivity contribution < 1.29 is 44.1 Å². The number of ether oxygens (including phenoxy) is 1. The Bertz CT molecular complexity index is 1740. The van der Waals surface area contributed by atoms with Gasteiger partial charge in [-0.15, -0.1) is 0 Å². The molecule has 0 spiro atoms. The van der Waals surface area contributed by atoms with Gasteiger partial charge in [0.2, 0.25) is 23.6 Å². The van der Waals surface area contributed by atoms with E-state index in [1.54, 1.807) is 24.3 Å². The van der Waals surface area contributed by atoms with Gasteiger partial charge in [-0.25, -0.2) is 9.59 Å². The maximum atomic E-state index is 13.5. The molecule has 0 saturated carbocycles. The van der Waals surface area contributed by atoms with Gasteiger partial charge >= 0.3 is 12.1 Å². The Morgan fingerprint density at radius 2 is 1.42 bits per heavy atom. The van der Waals surface area contributed by atoms with Gasteiger partial charge in [0.15, 0.2) is 5.96 Å². The molecule has 0 bridgehead atoms. The maximum absolute atomic E-state index is 13.5. The summed E-state index contributed by atoms with van der Waals surface area (Å²) in [6.07, 6.45) is 1.79. The van der Waals surface area contributed by atoms with Crippen LogP contribution < -0.4 is 27.4 Å². The average molecular weight is 795 g/mol.